The second-order valence-electron chi connectivity index (χ2n) is 8.06. The Labute approximate surface area is 177 Å². The van der Waals surface area contributed by atoms with Crippen LogP contribution in [0.1, 0.15) is 44.6 Å². The number of hydrogen-bond donors (Lipinski definition) is 0. The van der Waals surface area contributed by atoms with Crippen LogP contribution in [0, 0.1) is 11.8 Å². The molecule has 1 saturated heterocycles. The topological polar surface area (TPSA) is 74.3 Å². The molecule has 3 atom stereocenters. The van der Waals surface area contributed by atoms with E-state index in [9.17, 15) is 9.59 Å². The molecule has 1 aromatic rings. The normalized spacial score (nSPS) is 22.1. The lowest BCUT2D eigenvalue weighted by Crippen LogP contribution is -2.45. The van der Waals surface area contributed by atoms with Crippen LogP contribution in [0.3, 0.4) is 0 Å². The lowest BCUT2D eigenvalue weighted by Gasteiger charge is -2.32. The van der Waals surface area contributed by atoms with E-state index in [0.29, 0.717) is 17.2 Å². The highest BCUT2D eigenvalue weighted by molar-refractivity contribution is 5.97. The van der Waals surface area contributed by atoms with Crippen molar-refractivity contribution >= 4 is 12.0 Å². The quantitative estimate of drug-likeness (QED) is 0.621. The number of ether oxygens (including phenoxy) is 4. The fourth-order valence-electron chi connectivity index (χ4n) is 4.30. The molecular weight excluding hydrogens is 386 g/mol. The molecule has 7 nitrogen and oxygen atoms in total. The summed E-state index contributed by atoms with van der Waals surface area (Å²) in [5.74, 6) is 0.694. The molecule has 1 aromatic carbocycles. The van der Waals surface area contributed by atoms with Crippen molar-refractivity contribution in [3.63, 3.8) is 0 Å². The zero-order chi connectivity index (χ0) is 21.8. The van der Waals surface area contributed by atoms with Crippen LogP contribution >= 0.6 is 0 Å². The van der Waals surface area contributed by atoms with Crippen molar-refractivity contribution in [2.45, 2.75) is 45.1 Å². The van der Waals surface area contributed by atoms with Gasteiger partial charge in [0.2, 0.25) is 11.7 Å². The van der Waals surface area contributed by atoms with Gasteiger partial charge >= 0.3 is 6.09 Å². The van der Waals surface area contributed by atoms with Gasteiger partial charge < -0.3 is 18.9 Å². The maximum absolute atomic E-state index is 13.8. The largest absolute Gasteiger partial charge is 0.493 e. The summed E-state index contributed by atoms with van der Waals surface area (Å²) in [7, 11) is 4.64. The number of hydrogen-bond acceptors (Lipinski definition) is 6. The van der Waals surface area contributed by atoms with E-state index in [2.05, 4.69) is 12.2 Å². The fraction of sp³-hybridized carbons (Fsp3) is 0.565. The average Bonchev–Trinajstić information content (AvgIpc) is 3.15. The predicted molar refractivity (Wildman–Crippen MR) is 112 cm³/mol. The second-order valence-corrected chi connectivity index (χ2v) is 8.06. The van der Waals surface area contributed by atoms with E-state index in [1.807, 2.05) is 13.8 Å². The van der Waals surface area contributed by atoms with E-state index in [-0.39, 0.29) is 30.4 Å². The second kappa shape index (κ2) is 9.41. The summed E-state index contributed by atoms with van der Waals surface area (Å²) in [6.45, 7) is 4.20. The highest BCUT2D eigenvalue weighted by Crippen LogP contribution is 2.44. The molecule has 2 aliphatic rings. The van der Waals surface area contributed by atoms with Gasteiger partial charge in [0.05, 0.1) is 33.3 Å². The highest BCUT2D eigenvalue weighted by atomic mass is 16.6. The number of rotatable bonds is 7. The van der Waals surface area contributed by atoms with Gasteiger partial charge in [-0.2, -0.15) is 0 Å². The number of nitrogens with zero attached hydrogens (tertiary/aromatic N) is 1. The molecule has 1 unspecified atom stereocenters. The summed E-state index contributed by atoms with van der Waals surface area (Å²) < 4.78 is 21.7. The predicted octanol–water partition coefficient (Wildman–Crippen LogP) is 4.16. The van der Waals surface area contributed by atoms with Gasteiger partial charge in [0.25, 0.3) is 0 Å². The van der Waals surface area contributed by atoms with E-state index in [0.717, 1.165) is 24.8 Å². The summed E-state index contributed by atoms with van der Waals surface area (Å²) in [6, 6.07) is 3.33. The molecule has 1 aliphatic heterocycles. The van der Waals surface area contributed by atoms with Crippen molar-refractivity contribution in [3.05, 3.63) is 29.8 Å². The van der Waals surface area contributed by atoms with Crippen LogP contribution in [-0.4, -0.2) is 50.9 Å². The standard InChI is InChI=1S/C23H31NO6/c1-14(2)17-13-30-23(26)24(17)22(25)20(15-9-7-6-8-10-15)16-11-18(27-3)21(29-5)19(12-16)28-4/h7,9,11-12,14-15,17,20H,6,8,10,13H2,1-5H3/t15-,17?,20+/m1/s1. The van der Waals surface area contributed by atoms with Gasteiger partial charge in [-0.3, -0.25) is 4.79 Å². The summed E-state index contributed by atoms with van der Waals surface area (Å²) in [6.07, 6.45) is 6.46. The molecule has 0 radical (unpaired) electrons. The Morgan fingerprint density at radius 3 is 2.30 bits per heavy atom. The minimum absolute atomic E-state index is 0.0322. The number of cyclic esters (lactones) is 1. The van der Waals surface area contributed by atoms with Crippen LogP contribution in [0.2, 0.25) is 0 Å². The Morgan fingerprint density at radius 2 is 1.80 bits per heavy atom. The van der Waals surface area contributed by atoms with Crippen molar-refractivity contribution < 1.29 is 28.5 Å². The number of imide groups is 1. The molecule has 164 valence electrons. The molecule has 1 fully saturated rings. The third-order valence-electron chi connectivity index (χ3n) is 5.94. The molecule has 2 amide bonds. The first kappa shape index (κ1) is 22.0. The Bertz CT molecular complexity index is 793. The zero-order valence-electron chi connectivity index (χ0n) is 18.3. The monoisotopic (exact) mass is 417 g/mol. The average molecular weight is 418 g/mol. The number of carbonyl (C=O) groups excluding carboxylic acids is 2. The lowest BCUT2D eigenvalue weighted by atomic mass is 9.79. The van der Waals surface area contributed by atoms with Crippen LogP contribution in [0.25, 0.3) is 0 Å². The molecule has 0 saturated carbocycles. The van der Waals surface area contributed by atoms with Gasteiger partial charge in [0, 0.05) is 0 Å². The van der Waals surface area contributed by atoms with E-state index in [4.69, 9.17) is 18.9 Å². The third-order valence-corrected chi connectivity index (χ3v) is 5.94. The number of methoxy groups -OCH3 is 3. The third kappa shape index (κ3) is 4.11. The summed E-state index contributed by atoms with van der Waals surface area (Å²) in [5, 5.41) is 0. The van der Waals surface area contributed by atoms with Crippen LogP contribution < -0.4 is 14.2 Å². The Balaban J connectivity index is 2.10. The maximum atomic E-state index is 13.8. The first-order chi connectivity index (χ1) is 14.4. The van der Waals surface area contributed by atoms with E-state index in [1.54, 1.807) is 33.5 Å². The minimum Gasteiger partial charge on any atom is -0.493 e. The smallest absolute Gasteiger partial charge is 0.417 e. The van der Waals surface area contributed by atoms with Crippen LogP contribution in [0.5, 0.6) is 17.2 Å². The van der Waals surface area contributed by atoms with Crippen molar-refractivity contribution in [3.8, 4) is 17.2 Å². The summed E-state index contributed by atoms with van der Waals surface area (Å²) in [5.41, 5.74) is 0.730. The highest BCUT2D eigenvalue weighted by Gasteiger charge is 2.44. The van der Waals surface area contributed by atoms with Crippen LogP contribution in [0.4, 0.5) is 4.79 Å². The Hall–Kier alpha value is -2.70. The van der Waals surface area contributed by atoms with Gasteiger partial charge in [0.15, 0.2) is 11.5 Å². The molecule has 1 aliphatic carbocycles. The van der Waals surface area contributed by atoms with Crippen molar-refractivity contribution in [2.24, 2.45) is 11.8 Å². The van der Waals surface area contributed by atoms with E-state index >= 15 is 0 Å². The fourth-order valence-corrected chi connectivity index (χ4v) is 4.30. The molecule has 3 rings (SSSR count). The number of benzene rings is 1. The molecule has 1 heterocycles. The van der Waals surface area contributed by atoms with Crippen molar-refractivity contribution in [2.75, 3.05) is 27.9 Å². The van der Waals surface area contributed by atoms with Gasteiger partial charge in [-0.25, -0.2) is 9.69 Å². The lowest BCUT2D eigenvalue weighted by molar-refractivity contribution is -0.132. The van der Waals surface area contributed by atoms with Crippen molar-refractivity contribution in [1.29, 1.82) is 0 Å². The van der Waals surface area contributed by atoms with Crippen LogP contribution in [0.15, 0.2) is 24.3 Å². The Morgan fingerprint density at radius 1 is 1.13 bits per heavy atom. The van der Waals surface area contributed by atoms with Crippen LogP contribution in [-0.2, 0) is 9.53 Å². The SMILES string of the molecule is COc1cc([C@@H](C(=O)N2C(=O)OCC2C(C)C)[C@@H]2C=CCCC2)cc(OC)c1OC. The van der Waals surface area contributed by atoms with E-state index < -0.39 is 12.0 Å². The molecule has 30 heavy (non-hydrogen) atoms. The minimum atomic E-state index is -0.573. The molecule has 0 N–H and O–H groups in total. The first-order valence-electron chi connectivity index (χ1n) is 10.4. The van der Waals surface area contributed by atoms with Crippen molar-refractivity contribution in [1.82, 2.24) is 4.90 Å². The summed E-state index contributed by atoms with van der Waals surface area (Å²) >= 11 is 0. The van der Waals surface area contributed by atoms with Gasteiger partial charge in [-0.15, -0.1) is 0 Å². The van der Waals surface area contributed by atoms with E-state index in [1.165, 1.54) is 4.90 Å². The number of amides is 2. The molecule has 7 heteroatoms. The molecule has 0 bridgehead atoms. The summed E-state index contributed by atoms with van der Waals surface area (Å²) in [4.78, 5) is 27.6. The van der Waals surface area contributed by atoms with Gasteiger partial charge in [-0.1, -0.05) is 26.0 Å². The zero-order valence-corrected chi connectivity index (χ0v) is 18.3. The number of carbonyl (C=O) groups is 2. The first-order valence-corrected chi connectivity index (χ1v) is 10.4. The molecule has 0 aromatic heterocycles. The number of allylic oxidation sites excluding steroid dienone is 2. The molecular formula is C23H31NO6. The van der Waals surface area contributed by atoms with Gasteiger partial charge in [-0.05, 0) is 48.8 Å². The van der Waals surface area contributed by atoms with Gasteiger partial charge in [0.1, 0.15) is 6.61 Å². The maximum Gasteiger partial charge on any atom is 0.417 e. The Kier molecular flexibility index (Phi) is 6.90. The molecule has 0 spiro atoms.